The first-order valence-electron chi connectivity index (χ1n) is 14.6. The van der Waals surface area contributed by atoms with Crippen molar-refractivity contribution in [2.45, 2.75) is 0 Å². The summed E-state index contributed by atoms with van der Waals surface area (Å²) in [6, 6.07) is 45.7. The molecule has 5 aromatic carbocycles. The standard InChI is InChI=1S/C39H23N5OS.Pt/c1-6-26(18-28(8-1)30-10-3-13-33(20-30)39-44-38-37(46-39)23-41-25-43-38)27-7-2-9-29(19-27)31-11-4-14-34(21-31)45-35-15-5-12-32(22-35)36-16-17-40-24-42-36;/h1-13,15-21,23-25H;/q-2;+2. The van der Waals surface area contributed by atoms with Crippen LogP contribution in [-0.4, -0.2) is 24.9 Å². The Morgan fingerprint density at radius 1 is 0.596 bits per heavy atom. The third-order valence-electron chi connectivity index (χ3n) is 7.53. The molecule has 0 saturated heterocycles. The Hall–Kier alpha value is -5.36. The van der Waals surface area contributed by atoms with E-state index in [-0.39, 0.29) is 21.1 Å². The average molecular weight is 805 g/mol. The van der Waals surface area contributed by atoms with Crippen LogP contribution in [0.4, 0.5) is 0 Å². The predicted octanol–water partition coefficient (Wildman–Crippen LogP) is 9.60. The van der Waals surface area contributed by atoms with Gasteiger partial charge in [0.2, 0.25) is 0 Å². The number of hydrogen-bond donors (Lipinski definition) is 0. The minimum atomic E-state index is 0. The van der Waals surface area contributed by atoms with E-state index in [1.807, 2.05) is 48.7 Å². The van der Waals surface area contributed by atoms with Gasteiger partial charge in [0.05, 0.1) is 4.70 Å². The molecule has 0 aliphatic rings. The van der Waals surface area contributed by atoms with E-state index in [0.29, 0.717) is 11.5 Å². The number of rotatable bonds is 7. The fourth-order valence-corrected chi connectivity index (χ4v) is 6.20. The third-order valence-corrected chi connectivity index (χ3v) is 8.56. The van der Waals surface area contributed by atoms with E-state index < -0.39 is 0 Å². The van der Waals surface area contributed by atoms with Gasteiger partial charge in [-0.25, -0.2) is 19.9 Å². The maximum absolute atomic E-state index is 6.18. The third kappa shape index (κ3) is 6.63. The van der Waals surface area contributed by atoms with Crippen LogP contribution in [0.5, 0.6) is 11.5 Å². The molecule has 8 aromatic rings. The van der Waals surface area contributed by atoms with Crippen molar-refractivity contribution >= 4 is 21.7 Å². The maximum atomic E-state index is 6.18. The van der Waals surface area contributed by atoms with Gasteiger partial charge in [0, 0.05) is 29.5 Å². The summed E-state index contributed by atoms with van der Waals surface area (Å²) in [5.74, 6) is 1.21. The zero-order valence-corrected chi connectivity index (χ0v) is 27.7. The SMILES string of the molecule is [Pt+2].[c-]1ccc(-c2cccc(-c3cccc(-c4cccc(-c5nc6ncncc6s5)c4)c3)c2)cc1Oc1[c-]c(-c2ccncn2)ccc1. The van der Waals surface area contributed by atoms with Crippen LogP contribution in [0.3, 0.4) is 0 Å². The second-order valence-corrected chi connectivity index (χ2v) is 11.6. The molecule has 3 heterocycles. The second kappa shape index (κ2) is 13.6. The van der Waals surface area contributed by atoms with E-state index in [9.17, 15) is 0 Å². The van der Waals surface area contributed by atoms with Crippen molar-refractivity contribution in [1.29, 1.82) is 0 Å². The number of thiazole rings is 1. The van der Waals surface area contributed by atoms with Gasteiger partial charge in [0.15, 0.2) is 5.65 Å². The summed E-state index contributed by atoms with van der Waals surface area (Å²) < 4.78 is 7.15. The summed E-state index contributed by atoms with van der Waals surface area (Å²) in [7, 11) is 0. The molecule has 0 fully saturated rings. The van der Waals surface area contributed by atoms with Crippen LogP contribution in [0, 0.1) is 12.1 Å². The summed E-state index contributed by atoms with van der Waals surface area (Å²) in [5.41, 5.74) is 10.1. The molecule has 0 amide bonds. The second-order valence-electron chi connectivity index (χ2n) is 10.5. The van der Waals surface area contributed by atoms with Crippen LogP contribution in [0.1, 0.15) is 0 Å². The topological polar surface area (TPSA) is 73.7 Å². The Morgan fingerprint density at radius 2 is 1.23 bits per heavy atom. The number of ether oxygens (including phenoxy) is 1. The van der Waals surface area contributed by atoms with Crippen LogP contribution < -0.4 is 4.74 Å². The molecule has 47 heavy (non-hydrogen) atoms. The van der Waals surface area contributed by atoms with Crippen molar-refractivity contribution in [3.8, 4) is 66.7 Å². The van der Waals surface area contributed by atoms with Crippen LogP contribution in [-0.2, 0) is 21.1 Å². The summed E-state index contributed by atoms with van der Waals surface area (Å²) >= 11 is 1.60. The summed E-state index contributed by atoms with van der Waals surface area (Å²) in [5, 5.41) is 0.931. The fourth-order valence-electron chi connectivity index (χ4n) is 5.31. The molecule has 0 N–H and O–H groups in total. The molecule has 0 atom stereocenters. The minimum Gasteiger partial charge on any atom is -0.503 e. The first-order valence-corrected chi connectivity index (χ1v) is 15.4. The molecular weight excluding hydrogens is 782 g/mol. The van der Waals surface area contributed by atoms with Gasteiger partial charge in [-0.15, -0.1) is 52.8 Å². The number of hydrogen-bond acceptors (Lipinski definition) is 7. The molecule has 226 valence electrons. The van der Waals surface area contributed by atoms with E-state index in [2.05, 4.69) is 105 Å². The Bertz CT molecular complexity index is 2290. The van der Waals surface area contributed by atoms with E-state index in [1.54, 1.807) is 17.5 Å². The number of aromatic nitrogens is 5. The van der Waals surface area contributed by atoms with Gasteiger partial charge in [0.1, 0.15) is 17.7 Å². The molecule has 0 aliphatic carbocycles. The minimum absolute atomic E-state index is 0. The van der Waals surface area contributed by atoms with Crippen molar-refractivity contribution in [1.82, 2.24) is 24.9 Å². The molecule has 0 unspecified atom stereocenters. The largest absolute Gasteiger partial charge is 2.00 e. The first kappa shape index (κ1) is 30.3. The predicted molar refractivity (Wildman–Crippen MR) is 182 cm³/mol. The summed E-state index contributed by atoms with van der Waals surface area (Å²) in [6.45, 7) is 0. The van der Waals surface area contributed by atoms with Crippen LogP contribution in [0.25, 0.3) is 65.6 Å². The van der Waals surface area contributed by atoms with Gasteiger partial charge in [-0.2, -0.15) is 12.1 Å². The molecule has 6 nitrogen and oxygen atoms in total. The van der Waals surface area contributed by atoms with Crippen LogP contribution in [0.2, 0.25) is 0 Å². The van der Waals surface area contributed by atoms with E-state index in [0.717, 1.165) is 65.6 Å². The Morgan fingerprint density at radius 3 is 1.91 bits per heavy atom. The maximum Gasteiger partial charge on any atom is 2.00 e. The molecule has 0 aliphatic heterocycles. The zero-order chi connectivity index (χ0) is 30.7. The molecule has 8 rings (SSSR count). The average Bonchev–Trinajstić information content (AvgIpc) is 3.57. The molecular formula is C39H23N5OPtS. The Labute approximate surface area is 290 Å². The van der Waals surface area contributed by atoms with Crippen molar-refractivity contribution in [2.75, 3.05) is 0 Å². The molecule has 8 heteroatoms. The van der Waals surface area contributed by atoms with Crippen molar-refractivity contribution in [3.63, 3.8) is 0 Å². The molecule has 3 aromatic heterocycles. The normalized spacial score (nSPS) is 10.8. The van der Waals surface area contributed by atoms with Gasteiger partial charge < -0.3 is 4.74 Å². The smallest absolute Gasteiger partial charge is 0.503 e. The number of nitrogens with zero attached hydrogens (tertiary/aromatic N) is 5. The fraction of sp³-hybridized carbons (Fsp3) is 0. The summed E-state index contributed by atoms with van der Waals surface area (Å²) in [6.07, 6.45) is 6.58. The monoisotopic (exact) mass is 804 g/mol. The molecule has 0 radical (unpaired) electrons. The first-order chi connectivity index (χ1) is 22.7. The van der Waals surface area contributed by atoms with Crippen LogP contribution in [0.15, 0.2) is 140 Å². The van der Waals surface area contributed by atoms with Crippen molar-refractivity contribution in [2.24, 2.45) is 0 Å². The Kier molecular flexibility index (Phi) is 8.74. The molecule has 0 bridgehead atoms. The quantitative estimate of drug-likeness (QED) is 0.150. The number of benzene rings is 5. The van der Waals surface area contributed by atoms with Crippen molar-refractivity contribution in [3.05, 3.63) is 152 Å². The van der Waals surface area contributed by atoms with Gasteiger partial charge in [-0.05, 0) is 51.7 Å². The molecule has 0 spiro atoms. The number of fused-ring (bicyclic) bond motifs is 1. The van der Waals surface area contributed by atoms with E-state index in [4.69, 9.17) is 9.72 Å². The molecule has 0 saturated carbocycles. The zero-order valence-electron chi connectivity index (χ0n) is 24.6. The van der Waals surface area contributed by atoms with E-state index >= 15 is 0 Å². The van der Waals surface area contributed by atoms with E-state index in [1.165, 1.54) is 12.7 Å². The van der Waals surface area contributed by atoms with Gasteiger partial charge in [-0.3, -0.25) is 4.98 Å². The van der Waals surface area contributed by atoms with Gasteiger partial charge >= 0.3 is 21.1 Å². The van der Waals surface area contributed by atoms with Gasteiger partial charge in [-0.1, -0.05) is 66.7 Å². The summed E-state index contributed by atoms with van der Waals surface area (Å²) in [4.78, 5) is 21.5. The van der Waals surface area contributed by atoms with Crippen molar-refractivity contribution < 1.29 is 25.8 Å². The van der Waals surface area contributed by atoms with Gasteiger partial charge in [0.25, 0.3) is 0 Å². The van der Waals surface area contributed by atoms with Crippen LogP contribution >= 0.6 is 11.3 Å². The Balaban J connectivity index is 0.00000351.